The molecule has 0 radical (unpaired) electrons. The van der Waals surface area contributed by atoms with Crippen LogP contribution in [0, 0.1) is 5.82 Å². The first-order chi connectivity index (χ1) is 10.7. The Morgan fingerprint density at radius 3 is 1.91 bits per heavy atom. The van der Waals surface area contributed by atoms with E-state index >= 15 is 0 Å². The van der Waals surface area contributed by atoms with Crippen LogP contribution < -0.4 is 4.90 Å². The average Bonchev–Trinajstić information content (AvgIpc) is 2.54. The van der Waals surface area contributed by atoms with Gasteiger partial charge in [-0.1, -0.05) is 0 Å². The smallest absolute Gasteiger partial charge is 0.258 e. The van der Waals surface area contributed by atoms with E-state index < -0.39 is 15.8 Å². The third kappa shape index (κ3) is 3.57. The van der Waals surface area contributed by atoms with Crippen molar-refractivity contribution in [3.8, 4) is 0 Å². The van der Waals surface area contributed by atoms with Gasteiger partial charge in [-0.05, 0) is 48.5 Å². The summed E-state index contributed by atoms with van der Waals surface area (Å²) in [6.45, 7) is 0. The van der Waals surface area contributed by atoms with Crippen LogP contribution in [0.4, 0.5) is 10.1 Å². The third-order valence-corrected chi connectivity index (χ3v) is 5.23. The Morgan fingerprint density at radius 1 is 0.913 bits per heavy atom. The highest BCUT2D eigenvalue weighted by atomic mass is 32.2. The summed E-state index contributed by atoms with van der Waals surface area (Å²) in [6.07, 6.45) is 0. The number of carbonyl (C=O) groups is 1. The van der Waals surface area contributed by atoms with Gasteiger partial charge >= 0.3 is 0 Å². The molecule has 5 nitrogen and oxygen atoms in total. The van der Waals surface area contributed by atoms with Crippen molar-refractivity contribution in [3.05, 3.63) is 59.9 Å². The van der Waals surface area contributed by atoms with Gasteiger partial charge in [-0.15, -0.1) is 0 Å². The van der Waals surface area contributed by atoms with Crippen LogP contribution in [0.1, 0.15) is 10.4 Å². The number of hydrogen-bond acceptors (Lipinski definition) is 3. The van der Waals surface area contributed by atoms with Crippen molar-refractivity contribution in [2.75, 3.05) is 26.0 Å². The van der Waals surface area contributed by atoms with Crippen molar-refractivity contribution >= 4 is 21.6 Å². The van der Waals surface area contributed by atoms with Crippen LogP contribution in [0.25, 0.3) is 0 Å². The summed E-state index contributed by atoms with van der Waals surface area (Å²) in [5.41, 5.74) is 0.885. The van der Waals surface area contributed by atoms with Gasteiger partial charge < -0.3 is 4.90 Å². The van der Waals surface area contributed by atoms with E-state index in [0.717, 1.165) is 4.31 Å². The Balaban J connectivity index is 2.25. The zero-order valence-electron chi connectivity index (χ0n) is 13.0. The molecule has 0 aliphatic carbocycles. The topological polar surface area (TPSA) is 57.7 Å². The highest BCUT2D eigenvalue weighted by Crippen LogP contribution is 2.20. The molecule has 0 bridgehead atoms. The van der Waals surface area contributed by atoms with E-state index in [2.05, 4.69) is 0 Å². The van der Waals surface area contributed by atoms with Crippen LogP contribution in [-0.2, 0) is 10.0 Å². The molecule has 0 atom stereocenters. The number of rotatable bonds is 4. The van der Waals surface area contributed by atoms with E-state index in [1.807, 2.05) is 0 Å². The molecule has 0 aliphatic heterocycles. The summed E-state index contributed by atoms with van der Waals surface area (Å²) in [7, 11) is 0.966. The van der Waals surface area contributed by atoms with E-state index in [9.17, 15) is 17.6 Å². The zero-order valence-corrected chi connectivity index (χ0v) is 13.8. The van der Waals surface area contributed by atoms with Gasteiger partial charge in [0.15, 0.2) is 0 Å². The Bertz CT molecular complexity index is 800. The van der Waals surface area contributed by atoms with Gasteiger partial charge in [-0.2, -0.15) is 0 Å². The molecule has 0 saturated heterocycles. The predicted octanol–water partition coefficient (Wildman–Crippen LogP) is 2.35. The number of hydrogen-bond donors (Lipinski definition) is 0. The summed E-state index contributed by atoms with van der Waals surface area (Å²) in [6, 6.07) is 11.2. The lowest BCUT2D eigenvalue weighted by atomic mass is 10.2. The molecule has 1 amide bonds. The Morgan fingerprint density at radius 2 is 1.43 bits per heavy atom. The van der Waals surface area contributed by atoms with E-state index in [0.29, 0.717) is 11.3 Å². The van der Waals surface area contributed by atoms with Crippen molar-refractivity contribution in [1.82, 2.24) is 4.31 Å². The summed E-state index contributed by atoms with van der Waals surface area (Å²) in [5.74, 6) is -0.726. The second-order valence-electron chi connectivity index (χ2n) is 5.15. The second kappa shape index (κ2) is 6.47. The number of anilines is 1. The number of amides is 1. The number of halogens is 1. The van der Waals surface area contributed by atoms with Crippen LogP contribution in [0.5, 0.6) is 0 Å². The lowest BCUT2D eigenvalue weighted by molar-refractivity contribution is 0.0993. The fraction of sp³-hybridized carbons (Fsp3) is 0.188. The molecule has 2 rings (SSSR count). The first kappa shape index (κ1) is 17.1. The van der Waals surface area contributed by atoms with Gasteiger partial charge in [0.2, 0.25) is 10.0 Å². The van der Waals surface area contributed by atoms with Crippen molar-refractivity contribution in [1.29, 1.82) is 0 Å². The van der Waals surface area contributed by atoms with E-state index in [-0.39, 0.29) is 10.8 Å². The third-order valence-electron chi connectivity index (χ3n) is 3.40. The SMILES string of the molecule is CN(C(=O)c1ccc(F)cc1)c1ccc(S(=O)(=O)N(C)C)cc1. The van der Waals surface area contributed by atoms with Crippen LogP contribution in [0.2, 0.25) is 0 Å². The van der Waals surface area contributed by atoms with Crippen LogP contribution in [0.15, 0.2) is 53.4 Å². The fourth-order valence-corrected chi connectivity index (χ4v) is 2.86. The normalized spacial score (nSPS) is 11.5. The molecule has 122 valence electrons. The van der Waals surface area contributed by atoms with Gasteiger partial charge in [-0.3, -0.25) is 4.79 Å². The number of benzene rings is 2. The first-order valence-electron chi connectivity index (χ1n) is 6.79. The van der Waals surface area contributed by atoms with Gasteiger partial charge in [0, 0.05) is 32.4 Å². The molecule has 0 aromatic heterocycles. The van der Waals surface area contributed by atoms with Crippen LogP contribution >= 0.6 is 0 Å². The monoisotopic (exact) mass is 336 g/mol. The molecule has 2 aromatic carbocycles. The number of sulfonamides is 1. The number of carbonyl (C=O) groups excluding carboxylic acids is 1. The molecular weight excluding hydrogens is 319 g/mol. The van der Waals surface area contributed by atoms with Crippen LogP contribution in [0.3, 0.4) is 0 Å². The van der Waals surface area contributed by atoms with Crippen molar-refractivity contribution in [2.45, 2.75) is 4.90 Å². The molecule has 23 heavy (non-hydrogen) atoms. The number of nitrogens with zero attached hydrogens (tertiary/aromatic N) is 2. The highest BCUT2D eigenvalue weighted by molar-refractivity contribution is 7.89. The minimum atomic E-state index is -3.51. The standard InChI is InChI=1S/C16H17FN2O3S/c1-18(2)23(21,22)15-10-8-14(9-11-15)19(3)16(20)12-4-6-13(17)7-5-12/h4-11H,1-3H3. The van der Waals surface area contributed by atoms with Crippen molar-refractivity contribution in [3.63, 3.8) is 0 Å². The molecule has 0 spiro atoms. The van der Waals surface area contributed by atoms with Crippen molar-refractivity contribution in [2.24, 2.45) is 0 Å². The van der Waals surface area contributed by atoms with Gasteiger partial charge in [0.25, 0.3) is 5.91 Å². The molecular formula is C16H17FN2O3S. The Kier molecular flexibility index (Phi) is 4.82. The summed E-state index contributed by atoms with van der Waals surface area (Å²) in [5, 5.41) is 0. The van der Waals surface area contributed by atoms with Gasteiger partial charge in [-0.25, -0.2) is 17.1 Å². The highest BCUT2D eigenvalue weighted by Gasteiger charge is 2.18. The maximum atomic E-state index is 12.9. The molecule has 2 aromatic rings. The quantitative estimate of drug-likeness (QED) is 0.861. The fourth-order valence-electron chi connectivity index (χ4n) is 1.96. The lowest BCUT2D eigenvalue weighted by Gasteiger charge is -2.18. The zero-order chi connectivity index (χ0) is 17.2. The largest absolute Gasteiger partial charge is 0.311 e. The van der Waals surface area contributed by atoms with E-state index in [1.54, 1.807) is 19.2 Å². The Hall–Kier alpha value is -2.25. The maximum absolute atomic E-state index is 12.9. The summed E-state index contributed by atoms with van der Waals surface area (Å²) in [4.78, 5) is 13.8. The minimum Gasteiger partial charge on any atom is -0.311 e. The molecule has 0 unspecified atom stereocenters. The predicted molar refractivity (Wildman–Crippen MR) is 86.4 cm³/mol. The molecule has 0 aliphatic rings. The second-order valence-corrected chi connectivity index (χ2v) is 7.30. The average molecular weight is 336 g/mol. The first-order valence-corrected chi connectivity index (χ1v) is 8.23. The van der Waals surface area contributed by atoms with E-state index in [4.69, 9.17) is 0 Å². The minimum absolute atomic E-state index is 0.147. The van der Waals surface area contributed by atoms with Gasteiger partial charge in [0.1, 0.15) is 5.82 Å². The van der Waals surface area contributed by atoms with Crippen molar-refractivity contribution < 1.29 is 17.6 Å². The molecule has 7 heteroatoms. The summed E-state index contributed by atoms with van der Waals surface area (Å²) < 4.78 is 38.1. The summed E-state index contributed by atoms with van der Waals surface area (Å²) >= 11 is 0. The molecule has 0 fully saturated rings. The Labute approximate surface area is 135 Å². The molecule has 0 N–H and O–H groups in total. The molecule has 0 heterocycles. The van der Waals surface area contributed by atoms with Gasteiger partial charge in [0.05, 0.1) is 4.90 Å². The lowest BCUT2D eigenvalue weighted by Crippen LogP contribution is -2.26. The molecule has 0 saturated carbocycles. The maximum Gasteiger partial charge on any atom is 0.258 e. The van der Waals surface area contributed by atoms with E-state index in [1.165, 1.54) is 55.4 Å². The van der Waals surface area contributed by atoms with Crippen LogP contribution in [-0.4, -0.2) is 39.8 Å².